The van der Waals surface area contributed by atoms with Gasteiger partial charge < -0.3 is 10.2 Å². The largest absolute Gasteiger partial charge is 0.355 e. The quantitative estimate of drug-likeness (QED) is 0.787. The minimum absolute atomic E-state index is 0.0448. The van der Waals surface area contributed by atoms with Crippen molar-refractivity contribution in [2.75, 3.05) is 18.0 Å². The predicted molar refractivity (Wildman–Crippen MR) is 102 cm³/mol. The van der Waals surface area contributed by atoms with Gasteiger partial charge in [-0.15, -0.1) is 0 Å². The Kier molecular flexibility index (Phi) is 6.75. The number of nitrogens with one attached hydrogen (secondary N) is 1. The Labute approximate surface area is 149 Å². The van der Waals surface area contributed by atoms with Gasteiger partial charge in [-0.3, -0.25) is 9.59 Å². The SMILES string of the molecule is CC(=O)N(CC(=O)NCCCc1ccccc1)c1ccc(C)c(C)c1. The molecule has 132 valence electrons. The van der Waals surface area contributed by atoms with Gasteiger partial charge >= 0.3 is 0 Å². The minimum atomic E-state index is -0.138. The van der Waals surface area contributed by atoms with Gasteiger partial charge in [0.25, 0.3) is 0 Å². The molecule has 0 bridgehead atoms. The van der Waals surface area contributed by atoms with Crippen LogP contribution in [-0.2, 0) is 16.0 Å². The normalized spacial score (nSPS) is 10.4. The van der Waals surface area contributed by atoms with Gasteiger partial charge in [-0.25, -0.2) is 0 Å². The van der Waals surface area contributed by atoms with E-state index in [1.54, 1.807) is 0 Å². The van der Waals surface area contributed by atoms with E-state index < -0.39 is 0 Å². The summed E-state index contributed by atoms with van der Waals surface area (Å²) in [6.07, 6.45) is 1.80. The van der Waals surface area contributed by atoms with Gasteiger partial charge in [0.05, 0.1) is 0 Å². The van der Waals surface area contributed by atoms with Gasteiger partial charge in [0.15, 0.2) is 0 Å². The van der Waals surface area contributed by atoms with Crippen LogP contribution in [0.2, 0.25) is 0 Å². The van der Waals surface area contributed by atoms with Gasteiger partial charge in [0.1, 0.15) is 6.54 Å². The van der Waals surface area contributed by atoms with Crippen molar-refractivity contribution < 1.29 is 9.59 Å². The Morgan fingerprint density at radius 1 is 1.00 bits per heavy atom. The average molecular weight is 338 g/mol. The highest BCUT2D eigenvalue weighted by molar-refractivity contribution is 5.97. The lowest BCUT2D eigenvalue weighted by atomic mass is 10.1. The van der Waals surface area contributed by atoms with Crippen LogP contribution in [0, 0.1) is 13.8 Å². The van der Waals surface area contributed by atoms with Crippen LogP contribution in [0.15, 0.2) is 48.5 Å². The Morgan fingerprint density at radius 3 is 2.36 bits per heavy atom. The molecule has 0 saturated heterocycles. The molecule has 0 aromatic heterocycles. The number of amides is 2. The van der Waals surface area contributed by atoms with Crippen molar-refractivity contribution in [1.82, 2.24) is 5.32 Å². The Bertz CT molecular complexity index is 726. The molecule has 0 aliphatic heterocycles. The highest BCUT2D eigenvalue weighted by Gasteiger charge is 2.16. The number of anilines is 1. The maximum absolute atomic E-state index is 12.2. The summed E-state index contributed by atoms with van der Waals surface area (Å²) in [6.45, 7) is 6.16. The maximum Gasteiger partial charge on any atom is 0.240 e. The standard InChI is InChI=1S/C21H26N2O2/c1-16-11-12-20(14-17(16)2)23(18(3)24)15-21(25)22-13-7-10-19-8-5-4-6-9-19/h4-6,8-9,11-12,14H,7,10,13,15H2,1-3H3,(H,22,25). The van der Waals surface area contributed by atoms with E-state index in [4.69, 9.17) is 0 Å². The van der Waals surface area contributed by atoms with E-state index in [0.717, 1.165) is 29.7 Å². The molecule has 0 saturated carbocycles. The van der Waals surface area contributed by atoms with Crippen LogP contribution >= 0.6 is 0 Å². The molecule has 2 aromatic carbocycles. The van der Waals surface area contributed by atoms with Gasteiger partial charge in [-0.1, -0.05) is 36.4 Å². The number of hydrogen-bond acceptors (Lipinski definition) is 2. The van der Waals surface area contributed by atoms with Crippen LogP contribution in [0.1, 0.15) is 30.0 Å². The molecule has 0 unspecified atom stereocenters. The second-order valence-electron chi connectivity index (χ2n) is 6.31. The Hall–Kier alpha value is -2.62. The minimum Gasteiger partial charge on any atom is -0.355 e. The summed E-state index contributed by atoms with van der Waals surface area (Å²) in [5.41, 5.74) is 4.29. The summed E-state index contributed by atoms with van der Waals surface area (Å²) in [7, 11) is 0. The fraction of sp³-hybridized carbons (Fsp3) is 0.333. The summed E-state index contributed by atoms with van der Waals surface area (Å²) in [5.74, 6) is -0.274. The lowest BCUT2D eigenvalue weighted by Gasteiger charge is -2.21. The van der Waals surface area contributed by atoms with Crippen LogP contribution in [0.4, 0.5) is 5.69 Å². The predicted octanol–water partition coefficient (Wildman–Crippen LogP) is 3.41. The van der Waals surface area contributed by atoms with Crippen molar-refractivity contribution in [1.29, 1.82) is 0 Å². The van der Waals surface area contributed by atoms with Gasteiger partial charge in [-0.05, 0) is 55.5 Å². The molecular formula is C21H26N2O2. The van der Waals surface area contributed by atoms with E-state index in [2.05, 4.69) is 17.4 Å². The number of aryl methyl sites for hydroxylation is 3. The number of rotatable bonds is 7. The summed E-state index contributed by atoms with van der Waals surface area (Å²) in [4.78, 5) is 25.6. The monoisotopic (exact) mass is 338 g/mol. The van der Waals surface area contributed by atoms with Crippen molar-refractivity contribution in [3.8, 4) is 0 Å². The van der Waals surface area contributed by atoms with Gasteiger partial charge in [0.2, 0.25) is 11.8 Å². The average Bonchev–Trinajstić information content (AvgIpc) is 2.60. The van der Waals surface area contributed by atoms with Crippen LogP contribution in [-0.4, -0.2) is 24.9 Å². The van der Waals surface area contributed by atoms with Gasteiger partial charge in [-0.2, -0.15) is 0 Å². The highest BCUT2D eigenvalue weighted by atomic mass is 16.2. The third-order valence-corrected chi connectivity index (χ3v) is 4.29. The molecule has 0 heterocycles. The number of benzene rings is 2. The molecule has 4 heteroatoms. The molecule has 2 aromatic rings. The van der Waals surface area contributed by atoms with Crippen molar-refractivity contribution in [3.63, 3.8) is 0 Å². The maximum atomic E-state index is 12.2. The summed E-state index contributed by atoms with van der Waals surface area (Å²) >= 11 is 0. The molecule has 0 spiro atoms. The molecule has 4 nitrogen and oxygen atoms in total. The first-order valence-corrected chi connectivity index (χ1v) is 8.63. The zero-order valence-corrected chi connectivity index (χ0v) is 15.2. The van der Waals surface area contributed by atoms with Crippen molar-refractivity contribution >= 4 is 17.5 Å². The number of carbonyl (C=O) groups excluding carboxylic acids is 2. The van der Waals surface area contributed by atoms with E-state index in [9.17, 15) is 9.59 Å². The van der Waals surface area contributed by atoms with Crippen molar-refractivity contribution in [2.45, 2.75) is 33.6 Å². The van der Waals surface area contributed by atoms with Gasteiger partial charge in [0, 0.05) is 19.2 Å². The molecule has 25 heavy (non-hydrogen) atoms. The third kappa shape index (κ3) is 5.75. The molecule has 0 fully saturated rings. The van der Waals surface area contributed by atoms with E-state index >= 15 is 0 Å². The fourth-order valence-corrected chi connectivity index (χ4v) is 2.64. The molecule has 0 aliphatic rings. The van der Waals surface area contributed by atoms with Crippen LogP contribution in [0.25, 0.3) is 0 Å². The van der Waals surface area contributed by atoms with E-state index in [-0.39, 0.29) is 18.4 Å². The molecule has 0 radical (unpaired) electrons. The zero-order valence-electron chi connectivity index (χ0n) is 15.2. The molecular weight excluding hydrogens is 312 g/mol. The zero-order chi connectivity index (χ0) is 18.2. The molecule has 2 rings (SSSR count). The molecule has 1 N–H and O–H groups in total. The van der Waals surface area contributed by atoms with E-state index in [0.29, 0.717) is 6.54 Å². The molecule has 0 aliphatic carbocycles. The van der Waals surface area contributed by atoms with E-state index in [1.165, 1.54) is 17.4 Å². The second kappa shape index (κ2) is 9.02. The lowest BCUT2D eigenvalue weighted by Crippen LogP contribution is -2.40. The van der Waals surface area contributed by atoms with E-state index in [1.807, 2.05) is 50.2 Å². The number of carbonyl (C=O) groups is 2. The number of nitrogens with zero attached hydrogens (tertiary/aromatic N) is 1. The summed E-state index contributed by atoms with van der Waals surface area (Å²) in [5, 5.41) is 2.90. The van der Waals surface area contributed by atoms with Crippen molar-refractivity contribution in [2.24, 2.45) is 0 Å². The fourth-order valence-electron chi connectivity index (χ4n) is 2.64. The first kappa shape index (κ1) is 18.7. The van der Waals surface area contributed by atoms with Crippen molar-refractivity contribution in [3.05, 3.63) is 65.2 Å². The summed E-state index contributed by atoms with van der Waals surface area (Å²) < 4.78 is 0. The molecule has 2 amide bonds. The van der Waals surface area contributed by atoms with Crippen LogP contribution in [0.5, 0.6) is 0 Å². The topological polar surface area (TPSA) is 49.4 Å². The first-order chi connectivity index (χ1) is 12.0. The molecule has 0 atom stereocenters. The third-order valence-electron chi connectivity index (χ3n) is 4.29. The lowest BCUT2D eigenvalue weighted by molar-refractivity contribution is -0.123. The second-order valence-corrected chi connectivity index (χ2v) is 6.31. The van der Waals surface area contributed by atoms with Crippen LogP contribution in [0.3, 0.4) is 0 Å². The highest BCUT2D eigenvalue weighted by Crippen LogP contribution is 2.18. The van der Waals surface area contributed by atoms with Crippen LogP contribution < -0.4 is 10.2 Å². The number of hydrogen-bond donors (Lipinski definition) is 1. The smallest absolute Gasteiger partial charge is 0.240 e. The Balaban J connectivity index is 1.85. The first-order valence-electron chi connectivity index (χ1n) is 8.63. The summed E-state index contributed by atoms with van der Waals surface area (Å²) in [6, 6.07) is 16.0. The Morgan fingerprint density at radius 2 is 1.72 bits per heavy atom.